The Morgan fingerprint density at radius 1 is 1.30 bits per heavy atom. The van der Waals surface area contributed by atoms with Gasteiger partial charge in [0.05, 0.1) is 16.1 Å². The Hall–Kier alpha value is -0.410. The van der Waals surface area contributed by atoms with E-state index in [0.717, 1.165) is 5.56 Å². The minimum Gasteiger partial charge on any atom is -0.391 e. The van der Waals surface area contributed by atoms with Crippen LogP contribution in [0.15, 0.2) is 37.4 Å². The summed E-state index contributed by atoms with van der Waals surface area (Å²) >= 11 is 7.73. The lowest BCUT2D eigenvalue weighted by Crippen LogP contribution is -2.13. The molecular formula is C12H11Br2NO3S2. The molecule has 0 unspecified atom stereocenters. The summed E-state index contributed by atoms with van der Waals surface area (Å²) in [6, 6.07) is 6.87. The van der Waals surface area contributed by atoms with E-state index in [0.29, 0.717) is 18.8 Å². The number of aliphatic hydroxyl groups excluding tert-OH is 1. The highest BCUT2D eigenvalue weighted by Crippen LogP contribution is 2.34. The average Bonchev–Trinajstić information content (AvgIpc) is 2.76. The molecule has 0 aliphatic carbocycles. The van der Waals surface area contributed by atoms with E-state index >= 15 is 0 Å². The number of nitrogens with one attached hydrogen (secondary N) is 1. The van der Waals surface area contributed by atoms with Crippen molar-refractivity contribution >= 4 is 58.9 Å². The van der Waals surface area contributed by atoms with E-state index in [1.165, 1.54) is 17.4 Å². The molecule has 8 heteroatoms. The Labute approximate surface area is 138 Å². The van der Waals surface area contributed by atoms with Gasteiger partial charge in [-0.05, 0) is 62.5 Å². The zero-order chi connectivity index (χ0) is 14.9. The van der Waals surface area contributed by atoms with Crippen LogP contribution in [0.5, 0.6) is 0 Å². The molecule has 1 heterocycles. The van der Waals surface area contributed by atoms with Gasteiger partial charge in [0.15, 0.2) is 0 Å². The van der Waals surface area contributed by atoms with E-state index in [1.54, 1.807) is 12.1 Å². The monoisotopic (exact) mass is 439 g/mol. The number of hydrogen-bond acceptors (Lipinski definition) is 4. The Bertz CT molecular complexity index is 741. The van der Waals surface area contributed by atoms with Crippen molar-refractivity contribution in [2.45, 2.75) is 18.4 Å². The van der Waals surface area contributed by atoms with Gasteiger partial charge in [-0.2, -0.15) is 0 Å². The highest BCUT2D eigenvalue weighted by atomic mass is 79.9. The van der Waals surface area contributed by atoms with E-state index in [4.69, 9.17) is 5.11 Å². The molecule has 1 aromatic carbocycles. The van der Waals surface area contributed by atoms with Crippen LogP contribution in [0.1, 0.15) is 10.4 Å². The number of aliphatic hydroxyl groups is 1. The molecule has 4 nitrogen and oxygen atoms in total. The maximum Gasteiger partial charge on any atom is 0.263 e. The standard InChI is InChI=1S/C12H11Br2NO3S2/c1-7-2-3-9(13)10(4-7)15-20(17,18)11-5-8(6-16)19-12(11)14/h2-5,15-16H,6H2,1H3. The van der Waals surface area contributed by atoms with E-state index in [2.05, 4.69) is 36.6 Å². The van der Waals surface area contributed by atoms with Gasteiger partial charge in [0.25, 0.3) is 10.0 Å². The second-order valence-electron chi connectivity index (χ2n) is 4.10. The van der Waals surface area contributed by atoms with Gasteiger partial charge in [-0.15, -0.1) is 11.3 Å². The highest BCUT2D eigenvalue weighted by Gasteiger charge is 2.21. The molecule has 0 amide bonds. The minimum absolute atomic E-state index is 0.125. The first kappa shape index (κ1) is 16.0. The maximum atomic E-state index is 12.4. The number of benzene rings is 1. The fraction of sp³-hybridized carbons (Fsp3) is 0.167. The molecule has 108 valence electrons. The second kappa shape index (κ2) is 6.15. The van der Waals surface area contributed by atoms with Crippen LogP contribution in [0.4, 0.5) is 5.69 Å². The predicted octanol–water partition coefficient (Wildman–Crippen LogP) is 3.87. The Morgan fingerprint density at radius 3 is 2.60 bits per heavy atom. The zero-order valence-corrected chi connectivity index (χ0v) is 15.2. The third-order valence-electron chi connectivity index (χ3n) is 2.52. The summed E-state index contributed by atoms with van der Waals surface area (Å²) in [4.78, 5) is 0.709. The van der Waals surface area contributed by atoms with Crippen molar-refractivity contribution in [3.63, 3.8) is 0 Å². The van der Waals surface area contributed by atoms with Crippen molar-refractivity contribution in [3.05, 3.63) is 43.0 Å². The first-order chi connectivity index (χ1) is 9.33. The van der Waals surface area contributed by atoms with Crippen molar-refractivity contribution in [1.82, 2.24) is 0 Å². The summed E-state index contributed by atoms with van der Waals surface area (Å²) in [7, 11) is -3.70. The molecule has 0 saturated heterocycles. The zero-order valence-electron chi connectivity index (χ0n) is 10.4. The van der Waals surface area contributed by atoms with Gasteiger partial charge < -0.3 is 5.11 Å². The van der Waals surface area contributed by atoms with Crippen LogP contribution in [0.25, 0.3) is 0 Å². The number of rotatable bonds is 4. The molecule has 2 aromatic rings. The molecule has 0 spiro atoms. The van der Waals surface area contributed by atoms with Gasteiger partial charge in [-0.3, -0.25) is 4.72 Å². The van der Waals surface area contributed by atoms with Crippen LogP contribution in [0.3, 0.4) is 0 Å². The quantitative estimate of drug-likeness (QED) is 0.758. The molecule has 0 radical (unpaired) electrons. The molecule has 0 fully saturated rings. The summed E-state index contributed by atoms with van der Waals surface area (Å²) in [6.45, 7) is 1.70. The van der Waals surface area contributed by atoms with Crippen LogP contribution < -0.4 is 4.72 Å². The summed E-state index contributed by atoms with van der Waals surface area (Å²) in [6.07, 6.45) is 0. The van der Waals surface area contributed by atoms with Gasteiger partial charge in [0.2, 0.25) is 0 Å². The van der Waals surface area contributed by atoms with Crippen LogP contribution in [-0.4, -0.2) is 13.5 Å². The summed E-state index contributed by atoms with van der Waals surface area (Å²) < 4.78 is 28.4. The molecule has 0 aliphatic heterocycles. The Morgan fingerprint density at radius 2 is 2.00 bits per heavy atom. The van der Waals surface area contributed by atoms with Gasteiger partial charge in [-0.25, -0.2) is 8.42 Å². The minimum atomic E-state index is -3.70. The third kappa shape index (κ3) is 3.43. The lowest BCUT2D eigenvalue weighted by atomic mass is 10.2. The molecule has 0 aliphatic rings. The summed E-state index contributed by atoms with van der Waals surface area (Å²) in [5, 5.41) is 9.08. The van der Waals surface area contributed by atoms with Crippen LogP contribution in [-0.2, 0) is 16.6 Å². The Balaban J connectivity index is 2.40. The highest BCUT2D eigenvalue weighted by molar-refractivity contribution is 9.11. The van der Waals surface area contributed by atoms with Crippen molar-refractivity contribution in [2.24, 2.45) is 0 Å². The fourth-order valence-corrected chi connectivity index (χ4v) is 5.67. The van der Waals surface area contributed by atoms with E-state index in [1.807, 2.05) is 13.0 Å². The van der Waals surface area contributed by atoms with Gasteiger partial charge >= 0.3 is 0 Å². The lowest BCUT2D eigenvalue weighted by Gasteiger charge is -2.10. The smallest absolute Gasteiger partial charge is 0.263 e. The molecule has 2 rings (SSSR count). The molecular weight excluding hydrogens is 430 g/mol. The molecule has 0 atom stereocenters. The number of aryl methyl sites for hydroxylation is 1. The van der Waals surface area contributed by atoms with Gasteiger partial charge in [0, 0.05) is 9.35 Å². The SMILES string of the molecule is Cc1ccc(Br)c(NS(=O)(=O)c2cc(CO)sc2Br)c1. The summed E-state index contributed by atoms with van der Waals surface area (Å²) in [5.74, 6) is 0. The molecule has 0 bridgehead atoms. The summed E-state index contributed by atoms with van der Waals surface area (Å²) in [5.41, 5.74) is 1.43. The fourth-order valence-electron chi connectivity index (χ4n) is 1.58. The maximum absolute atomic E-state index is 12.4. The number of sulfonamides is 1. The predicted molar refractivity (Wildman–Crippen MR) is 87.6 cm³/mol. The van der Waals surface area contributed by atoms with Crippen molar-refractivity contribution in [1.29, 1.82) is 0 Å². The molecule has 0 saturated carbocycles. The lowest BCUT2D eigenvalue weighted by molar-refractivity contribution is 0.285. The molecule has 20 heavy (non-hydrogen) atoms. The number of halogens is 2. The van der Waals surface area contributed by atoms with Crippen molar-refractivity contribution in [2.75, 3.05) is 4.72 Å². The van der Waals surface area contributed by atoms with Gasteiger partial charge in [-0.1, -0.05) is 6.07 Å². The largest absolute Gasteiger partial charge is 0.391 e. The Kier molecular flexibility index (Phi) is 4.91. The van der Waals surface area contributed by atoms with Crippen molar-refractivity contribution < 1.29 is 13.5 Å². The second-order valence-corrected chi connectivity index (χ2v) is 9.06. The normalized spacial score (nSPS) is 11.6. The van der Waals surface area contributed by atoms with Crippen molar-refractivity contribution in [3.8, 4) is 0 Å². The average molecular weight is 441 g/mol. The molecule has 2 N–H and O–H groups in total. The van der Waals surface area contributed by atoms with E-state index in [-0.39, 0.29) is 11.5 Å². The van der Waals surface area contributed by atoms with E-state index < -0.39 is 10.0 Å². The first-order valence-corrected chi connectivity index (χ1v) is 9.40. The molecule has 1 aromatic heterocycles. The van der Waals surface area contributed by atoms with E-state index in [9.17, 15) is 8.42 Å². The first-order valence-electron chi connectivity index (χ1n) is 5.51. The topological polar surface area (TPSA) is 66.4 Å². The third-order valence-corrected chi connectivity index (χ3v) is 6.81. The number of anilines is 1. The van der Waals surface area contributed by atoms with Crippen LogP contribution >= 0.6 is 43.2 Å². The van der Waals surface area contributed by atoms with Crippen LogP contribution in [0.2, 0.25) is 0 Å². The number of hydrogen-bond donors (Lipinski definition) is 2. The number of thiophene rings is 1. The van der Waals surface area contributed by atoms with Gasteiger partial charge in [0.1, 0.15) is 4.90 Å². The van der Waals surface area contributed by atoms with Crippen LogP contribution in [0, 0.1) is 6.92 Å².